The number of fused-ring (bicyclic) bond motifs is 1. The monoisotopic (exact) mass is 434 g/mol. The molecule has 6 heteroatoms. The van der Waals surface area contributed by atoms with Crippen LogP contribution in [0.15, 0.2) is 65.6 Å². The molecular formula is C25H26N2O3S. The summed E-state index contributed by atoms with van der Waals surface area (Å²) in [6.07, 6.45) is 0.793. The summed E-state index contributed by atoms with van der Waals surface area (Å²) in [5.41, 5.74) is 5.92. The molecule has 0 unspecified atom stereocenters. The van der Waals surface area contributed by atoms with Crippen LogP contribution in [-0.4, -0.2) is 20.9 Å². The highest BCUT2D eigenvalue weighted by atomic mass is 32.2. The van der Waals surface area contributed by atoms with Crippen LogP contribution in [0, 0.1) is 20.8 Å². The molecule has 5 nitrogen and oxygen atoms in total. The number of nitrogens with zero attached hydrogens (tertiary/aromatic N) is 1. The molecule has 0 atom stereocenters. The number of hydrogen-bond donors (Lipinski definition) is 1. The first-order chi connectivity index (χ1) is 14.8. The normalized spacial score (nSPS) is 13.3. The summed E-state index contributed by atoms with van der Waals surface area (Å²) < 4.78 is 28.7. The van der Waals surface area contributed by atoms with Crippen LogP contribution < -0.4 is 9.62 Å². The number of carbonyl (C=O) groups is 1. The van der Waals surface area contributed by atoms with Gasteiger partial charge >= 0.3 is 0 Å². The highest BCUT2D eigenvalue weighted by molar-refractivity contribution is 7.89. The molecule has 3 aromatic rings. The lowest BCUT2D eigenvalue weighted by Gasteiger charge is -2.18. The Morgan fingerprint density at radius 1 is 0.968 bits per heavy atom. The van der Waals surface area contributed by atoms with Crippen molar-refractivity contribution < 1.29 is 13.2 Å². The number of aryl methyl sites for hydroxylation is 3. The molecule has 0 spiro atoms. The summed E-state index contributed by atoms with van der Waals surface area (Å²) in [5, 5.41) is 0. The minimum atomic E-state index is -3.65. The predicted molar refractivity (Wildman–Crippen MR) is 123 cm³/mol. The molecule has 1 amide bonds. The van der Waals surface area contributed by atoms with Gasteiger partial charge in [-0.05, 0) is 67.6 Å². The molecular weight excluding hydrogens is 408 g/mol. The van der Waals surface area contributed by atoms with E-state index in [-0.39, 0.29) is 12.5 Å². The van der Waals surface area contributed by atoms with Gasteiger partial charge in [0.15, 0.2) is 0 Å². The summed E-state index contributed by atoms with van der Waals surface area (Å²) in [6, 6.07) is 18.8. The van der Waals surface area contributed by atoms with Crippen molar-refractivity contribution in [3.8, 4) is 0 Å². The topological polar surface area (TPSA) is 66.5 Å². The van der Waals surface area contributed by atoms with Gasteiger partial charge in [-0.2, -0.15) is 0 Å². The summed E-state index contributed by atoms with van der Waals surface area (Å²) in [7, 11) is -3.65. The van der Waals surface area contributed by atoms with Crippen molar-refractivity contribution in [1.29, 1.82) is 0 Å². The van der Waals surface area contributed by atoms with E-state index >= 15 is 0 Å². The standard InChI is InChI=1S/C25H26N2O3S/c1-17-13-18(2)24(19(3)14-17)31(29,30)26-16-20-9-10-21-11-12-27(23(21)15-20)25(28)22-7-5-4-6-8-22/h4-10,13-15,26H,11-12,16H2,1-3H3. The van der Waals surface area contributed by atoms with E-state index in [4.69, 9.17) is 0 Å². The van der Waals surface area contributed by atoms with Crippen molar-refractivity contribution in [3.05, 3.63) is 94.0 Å². The quantitative estimate of drug-likeness (QED) is 0.651. The highest BCUT2D eigenvalue weighted by Gasteiger charge is 2.26. The van der Waals surface area contributed by atoms with Crippen LogP contribution >= 0.6 is 0 Å². The fraction of sp³-hybridized carbons (Fsp3) is 0.240. The van der Waals surface area contributed by atoms with Crippen molar-refractivity contribution in [1.82, 2.24) is 4.72 Å². The molecule has 160 valence electrons. The molecule has 1 heterocycles. The van der Waals surface area contributed by atoms with Gasteiger partial charge in [-0.15, -0.1) is 0 Å². The van der Waals surface area contributed by atoms with E-state index in [0.29, 0.717) is 17.0 Å². The van der Waals surface area contributed by atoms with Crippen LogP contribution in [0.1, 0.15) is 38.2 Å². The van der Waals surface area contributed by atoms with Gasteiger partial charge in [0.1, 0.15) is 0 Å². The largest absolute Gasteiger partial charge is 0.308 e. The Hall–Kier alpha value is -2.96. The van der Waals surface area contributed by atoms with Crippen LogP contribution in [0.2, 0.25) is 0 Å². The first-order valence-electron chi connectivity index (χ1n) is 10.3. The third-order valence-electron chi connectivity index (χ3n) is 5.65. The maximum Gasteiger partial charge on any atom is 0.258 e. The predicted octanol–water partition coefficient (Wildman–Crippen LogP) is 4.29. The number of anilines is 1. The van der Waals surface area contributed by atoms with E-state index < -0.39 is 10.0 Å². The molecule has 0 aromatic heterocycles. The van der Waals surface area contributed by atoms with Crippen LogP contribution in [0.25, 0.3) is 0 Å². The second-order valence-electron chi connectivity index (χ2n) is 8.09. The van der Waals surface area contributed by atoms with Crippen molar-refractivity contribution in [2.75, 3.05) is 11.4 Å². The van der Waals surface area contributed by atoms with Gasteiger partial charge in [0.05, 0.1) is 4.90 Å². The molecule has 0 radical (unpaired) electrons. The van der Waals surface area contributed by atoms with E-state index in [1.807, 2.05) is 81.4 Å². The van der Waals surface area contributed by atoms with Crippen LogP contribution in [0.5, 0.6) is 0 Å². The number of sulfonamides is 1. The lowest BCUT2D eigenvalue weighted by atomic mass is 10.1. The van der Waals surface area contributed by atoms with E-state index in [2.05, 4.69) is 4.72 Å². The number of rotatable bonds is 5. The Morgan fingerprint density at radius 3 is 2.32 bits per heavy atom. The number of carbonyl (C=O) groups excluding carboxylic acids is 1. The summed E-state index contributed by atoms with van der Waals surface area (Å²) in [4.78, 5) is 15.0. The maximum atomic E-state index is 13.0. The number of amides is 1. The molecule has 0 bridgehead atoms. The molecule has 0 fully saturated rings. The minimum Gasteiger partial charge on any atom is -0.308 e. The zero-order valence-corrected chi connectivity index (χ0v) is 18.8. The third-order valence-corrected chi connectivity index (χ3v) is 7.36. The fourth-order valence-corrected chi connectivity index (χ4v) is 5.79. The second-order valence-corrected chi connectivity index (χ2v) is 9.79. The summed E-state index contributed by atoms with van der Waals surface area (Å²) in [5.74, 6) is -0.0389. The van der Waals surface area contributed by atoms with E-state index in [1.54, 1.807) is 4.90 Å². The molecule has 1 aliphatic rings. The van der Waals surface area contributed by atoms with Gasteiger partial charge in [0.25, 0.3) is 5.91 Å². The van der Waals surface area contributed by atoms with Gasteiger partial charge in [0, 0.05) is 24.3 Å². The molecule has 0 aliphatic carbocycles. The van der Waals surface area contributed by atoms with E-state index in [1.165, 1.54) is 0 Å². The lowest BCUT2D eigenvalue weighted by Crippen LogP contribution is -2.29. The molecule has 1 N–H and O–H groups in total. The zero-order valence-electron chi connectivity index (χ0n) is 18.0. The molecule has 3 aromatic carbocycles. The SMILES string of the molecule is Cc1cc(C)c(S(=O)(=O)NCc2ccc3c(c2)N(C(=O)c2ccccc2)CC3)c(C)c1. The fourth-order valence-electron chi connectivity index (χ4n) is 4.32. The summed E-state index contributed by atoms with van der Waals surface area (Å²) >= 11 is 0. The van der Waals surface area contributed by atoms with Gasteiger partial charge in [-0.25, -0.2) is 13.1 Å². The molecule has 0 saturated carbocycles. The molecule has 31 heavy (non-hydrogen) atoms. The van der Waals surface area contributed by atoms with Gasteiger partial charge in [-0.1, -0.05) is 48.0 Å². The van der Waals surface area contributed by atoms with Gasteiger partial charge in [0.2, 0.25) is 10.0 Å². The van der Waals surface area contributed by atoms with Crippen LogP contribution in [0.3, 0.4) is 0 Å². The van der Waals surface area contributed by atoms with Gasteiger partial charge in [-0.3, -0.25) is 4.79 Å². The third kappa shape index (κ3) is 4.27. The van der Waals surface area contributed by atoms with E-state index in [9.17, 15) is 13.2 Å². The Kier molecular flexibility index (Phi) is 5.69. The van der Waals surface area contributed by atoms with E-state index in [0.717, 1.165) is 39.9 Å². The number of benzene rings is 3. The number of nitrogens with one attached hydrogen (secondary N) is 1. The van der Waals surface area contributed by atoms with Crippen molar-refractivity contribution in [2.45, 2.75) is 38.6 Å². The van der Waals surface area contributed by atoms with Crippen LogP contribution in [-0.2, 0) is 23.0 Å². The Morgan fingerprint density at radius 2 is 1.65 bits per heavy atom. The van der Waals surface area contributed by atoms with Crippen LogP contribution in [0.4, 0.5) is 5.69 Å². The highest BCUT2D eigenvalue weighted by Crippen LogP contribution is 2.31. The lowest BCUT2D eigenvalue weighted by molar-refractivity contribution is 0.0989. The number of hydrogen-bond acceptors (Lipinski definition) is 3. The Labute approximate surface area is 183 Å². The zero-order chi connectivity index (χ0) is 22.2. The molecule has 4 rings (SSSR count). The summed E-state index contributed by atoms with van der Waals surface area (Å²) in [6.45, 7) is 6.38. The minimum absolute atomic E-state index is 0.0389. The first-order valence-corrected chi connectivity index (χ1v) is 11.8. The first kappa shape index (κ1) is 21.3. The smallest absolute Gasteiger partial charge is 0.258 e. The maximum absolute atomic E-state index is 13.0. The van der Waals surface area contributed by atoms with Crippen molar-refractivity contribution in [3.63, 3.8) is 0 Å². The van der Waals surface area contributed by atoms with Crippen molar-refractivity contribution >= 4 is 21.6 Å². The molecule has 1 aliphatic heterocycles. The Balaban J connectivity index is 1.56. The average molecular weight is 435 g/mol. The average Bonchev–Trinajstić information content (AvgIpc) is 3.14. The molecule has 0 saturated heterocycles. The second kappa shape index (κ2) is 8.29. The van der Waals surface area contributed by atoms with Gasteiger partial charge < -0.3 is 4.90 Å². The Bertz CT molecular complexity index is 1230. The van der Waals surface area contributed by atoms with Crippen molar-refractivity contribution in [2.24, 2.45) is 0 Å².